The lowest BCUT2D eigenvalue weighted by atomic mass is 10.1. The van der Waals surface area contributed by atoms with Crippen LogP contribution >= 0.6 is 23.2 Å². The molecule has 31 heavy (non-hydrogen) atoms. The highest BCUT2D eigenvalue weighted by Crippen LogP contribution is 2.32. The Labute approximate surface area is 192 Å². The third kappa shape index (κ3) is 5.24. The number of piperazine rings is 1. The van der Waals surface area contributed by atoms with Crippen LogP contribution in [-0.2, 0) is 13.2 Å². The fourth-order valence-electron chi connectivity index (χ4n) is 3.61. The molecule has 1 aliphatic heterocycles. The van der Waals surface area contributed by atoms with Gasteiger partial charge in [0.15, 0.2) is 5.76 Å². The molecule has 4 rings (SSSR count). The highest BCUT2D eigenvalue weighted by Gasteiger charge is 2.24. The third-order valence-corrected chi connectivity index (χ3v) is 6.27. The van der Waals surface area contributed by atoms with E-state index in [9.17, 15) is 4.79 Å². The Morgan fingerprint density at radius 2 is 1.77 bits per heavy atom. The summed E-state index contributed by atoms with van der Waals surface area (Å²) in [5.41, 5.74) is 2.63. The van der Waals surface area contributed by atoms with Crippen LogP contribution in [0.25, 0.3) is 0 Å². The number of furan rings is 1. The van der Waals surface area contributed by atoms with Crippen molar-refractivity contribution in [2.24, 2.45) is 0 Å². The van der Waals surface area contributed by atoms with Gasteiger partial charge in [-0.3, -0.25) is 9.69 Å². The summed E-state index contributed by atoms with van der Waals surface area (Å²) in [5.74, 6) is 1.26. The van der Waals surface area contributed by atoms with Crippen LogP contribution in [0.2, 0.25) is 10.0 Å². The first-order valence-electron chi connectivity index (χ1n) is 10.2. The summed E-state index contributed by atoms with van der Waals surface area (Å²) in [5, 5.41) is 0.784. The molecule has 0 radical (unpaired) electrons. The number of hydrogen-bond donors (Lipinski definition) is 0. The number of hydrogen-bond acceptors (Lipinski definition) is 4. The van der Waals surface area contributed by atoms with Crippen molar-refractivity contribution in [2.45, 2.75) is 20.1 Å². The van der Waals surface area contributed by atoms with E-state index in [0.29, 0.717) is 40.4 Å². The number of ether oxygens (including phenoxy) is 1. The van der Waals surface area contributed by atoms with E-state index in [0.717, 1.165) is 19.6 Å². The molecule has 7 heteroatoms. The normalized spacial score (nSPS) is 14.6. The van der Waals surface area contributed by atoms with Gasteiger partial charge in [-0.25, -0.2) is 0 Å². The number of carbonyl (C=O) groups excluding carboxylic acids is 1. The van der Waals surface area contributed by atoms with E-state index in [1.807, 2.05) is 4.90 Å². The van der Waals surface area contributed by atoms with Crippen LogP contribution in [0.4, 0.5) is 0 Å². The van der Waals surface area contributed by atoms with Crippen LogP contribution in [0, 0.1) is 6.92 Å². The molecule has 1 amide bonds. The van der Waals surface area contributed by atoms with Crippen molar-refractivity contribution in [1.82, 2.24) is 9.80 Å². The zero-order chi connectivity index (χ0) is 21.8. The topological polar surface area (TPSA) is 45.9 Å². The number of benzene rings is 2. The molecule has 0 bridgehead atoms. The van der Waals surface area contributed by atoms with Gasteiger partial charge < -0.3 is 14.1 Å². The molecule has 1 fully saturated rings. The minimum Gasteiger partial charge on any atom is -0.484 e. The van der Waals surface area contributed by atoms with Crippen LogP contribution in [0.5, 0.6) is 5.75 Å². The van der Waals surface area contributed by atoms with Crippen LogP contribution in [-0.4, -0.2) is 41.9 Å². The van der Waals surface area contributed by atoms with Crippen molar-refractivity contribution in [1.29, 1.82) is 0 Å². The monoisotopic (exact) mass is 458 g/mol. The van der Waals surface area contributed by atoms with Crippen LogP contribution in [0.1, 0.15) is 27.4 Å². The van der Waals surface area contributed by atoms with E-state index in [1.54, 1.807) is 30.3 Å². The van der Waals surface area contributed by atoms with Gasteiger partial charge in [-0.2, -0.15) is 0 Å². The Morgan fingerprint density at radius 3 is 2.55 bits per heavy atom. The zero-order valence-electron chi connectivity index (χ0n) is 17.3. The van der Waals surface area contributed by atoms with Gasteiger partial charge in [0.05, 0.1) is 5.02 Å². The third-order valence-electron chi connectivity index (χ3n) is 5.47. The average molecular weight is 459 g/mol. The predicted molar refractivity (Wildman–Crippen MR) is 122 cm³/mol. The smallest absolute Gasteiger partial charge is 0.289 e. The molecule has 0 spiro atoms. The molecule has 162 valence electrons. The average Bonchev–Trinajstić information content (AvgIpc) is 3.25. The van der Waals surface area contributed by atoms with Gasteiger partial charge in [0.25, 0.3) is 5.91 Å². The number of carbonyl (C=O) groups is 1. The van der Waals surface area contributed by atoms with Crippen molar-refractivity contribution in [2.75, 3.05) is 26.2 Å². The molecule has 0 unspecified atom stereocenters. The van der Waals surface area contributed by atoms with Gasteiger partial charge in [-0.05, 0) is 42.3 Å². The van der Waals surface area contributed by atoms with Crippen molar-refractivity contribution < 1.29 is 13.9 Å². The molecule has 2 aromatic carbocycles. The van der Waals surface area contributed by atoms with Crippen molar-refractivity contribution >= 4 is 29.1 Å². The largest absolute Gasteiger partial charge is 0.484 e. The molecule has 1 aliphatic rings. The van der Waals surface area contributed by atoms with Gasteiger partial charge in [0.2, 0.25) is 0 Å². The second-order valence-electron chi connectivity index (χ2n) is 7.60. The van der Waals surface area contributed by atoms with Crippen molar-refractivity contribution in [3.05, 3.63) is 87.3 Å². The lowest BCUT2D eigenvalue weighted by Crippen LogP contribution is -2.48. The summed E-state index contributed by atoms with van der Waals surface area (Å²) in [7, 11) is 0. The molecule has 0 N–H and O–H groups in total. The first-order valence-corrected chi connectivity index (χ1v) is 11.0. The van der Waals surface area contributed by atoms with E-state index in [-0.39, 0.29) is 12.5 Å². The van der Waals surface area contributed by atoms with Gasteiger partial charge in [-0.15, -0.1) is 0 Å². The van der Waals surface area contributed by atoms with Crippen LogP contribution in [0.15, 0.2) is 59.0 Å². The molecule has 0 atom stereocenters. The van der Waals surface area contributed by atoms with E-state index in [4.69, 9.17) is 32.4 Å². The molecule has 1 saturated heterocycles. The summed E-state index contributed by atoms with van der Waals surface area (Å²) in [6.45, 7) is 6.23. The first kappa shape index (κ1) is 21.8. The minimum absolute atomic E-state index is 0.0948. The maximum Gasteiger partial charge on any atom is 0.289 e. The second-order valence-corrected chi connectivity index (χ2v) is 8.39. The Hall–Kier alpha value is -2.47. The highest BCUT2D eigenvalue weighted by molar-refractivity contribution is 6.42. The molecule has 0 aliphatic carbocycles. The SMILES string of the molecule is Cc1ccccc1CN1CCN(C(=O)c2ccc(COc3cccc(Cl)c3Cl)o2)CC1. The van der Waals surface area contributed by atoms with Crippen molar-refractivity contribution in [3.8, 4) is 5.75 Å². The van der Waals surface area contributed by atoms with Gasteiger partial charge in [0.1, 0.15) is 23.1 Å². The van der Waals surface area contributed by atoms with Gasteiger partial charge in [-0.1, -0.05) is 53.5 Å². The molecular weight excluding hydrogens is 435 g/mol. The summed E-state index contributed by atoms with van der Waals surface area (Å²) in [6, 6.07) is 17.1. The fraction of sp³-hybridized carbons (Fsp3) is 0.292. The number of rotatable bonds is 6. The lowest BCUT2D eigenvalue weighted by molar-refractivity contribution is 0.0594. The van der Waals surface area contributed by atoms with Gasteiger partial charge >= 0.3 is 0 Å². The maximum absolute atomic E-state index is 12.8. The molecule has 3 aromatic rings. The first-order chi connectivity index (χ1) is 15.0. The Bertz CT molecular complexity index is 1060. The van der Waals surface area contributed by atoms with Crippen LogP contribution in [0.3, 0.4) is 0 Å². The summed E-state index contributed by atoms with van der Waals surface area (Å²) >= 11 is 12.1. The maximum atomic E-state index is 12.8. The summed E-state index contributed by atoms with van der Waals surface area (Å²) < 4.78 is 11.4. The van der Waals surface area contributed by atoms with E-state index in [1.165, 1.54) is 11.1 Å². The molecule has 1 aromatic heterocycles. The van der Waals surface area contributed by atoms with E-state index < -0.39 is 0 Å². The quantitative estimate of drug-likeness (QED) is 0.493. The molecule has 2 heterocycles. The molecular formula is C24H24Cl2N2O3. The Kier molecular flexibility index (Phi) is 6.86. The summed E-state index contributed by atoms with van der Waals surface area (Å²) in [4.78, 5) is 17.1. The highest BCUT2D eigenvalue weighted by atomic mass is 35.5. The Morgan fingerprint density at radius 1 is 1.00 bits per heavy atom. The second kappa shape index (κ2) is 9.77. The van der Waals surface area contributed by atoms with Gasteiger partial charge in [0, 0.05) is 32.7 Å². The predicted octanol–water partition coefficient (Wildman–Crippen LogP) is 5.43. The number of nitrogens with zero attached hydrogens (tertiary/aromatic N) is 2. The minimum atomic E-state index is -0.0948. The summed E-state index contributed by atoms with van der Waals surface area (Å²) in [6.07, 6.45) is 0. The number of amides is 1. The molecule has 0 saturated carbocycles. The van der Waals surface area contributed by atoms with E-state index in [2.05, 4.69) is 36.1 Å². The standard InChI is InChI=1S/C24H24Cl2N2O3/c1-17-5-2-3-6-18(17)15-27-11-13-28(14-12-27)24(29)22-10-9-19(31-22)16-30-21-8-4-7-20(25)23(21)26/h2-10H,11-16H2,1H3. The van der Waals surface area contributed by atoms with Crippen LogP contribution < -0.4 is 4.74 Å². The van der Waals surface area contributed by atoms with E-state index >= 15 is 0 Å². The number of halogens is 2. The number of aryl methyl sites for hydroxylation is 1. The molecule has 5 nitrogen and oxygen atoms in total. The van der Waals surface area contributed by atoms with Crippen molar-refractivity contribution in [3.63, 3.8) is 0 Å². The fourth-order valence-corrected chi connectivity index (χ4v) is 3.95. The Balaban J connectivity index is 1.30. The lowest BCUT2D eigenvalue weighted by Gasteiger charge is -2.34. The zero-order valence-corrected chi connectivity index (χ0v) is 18.8.